The Hall–Kier alpha value is -1.11. The number of hydrogen-bond acceptors (Lipinski definition) is 4. The van der Waals surface area contributed by atoms with Crippen molar-refractivity contribution in [2.45, 2.75) is 19.4 Å². The van der Waals surface area contributed by atoms with Gasteiger partial charge in [-0.15, -0.1) is 0 Å². The number of rotatable bonds is 6. The molecule has 1 rings (SSSR count). The standard InChI is InChI=1S/C11H18N2O3S/c1-2-7-17(15,16)13-8-11(14)9-3-5-10(12)6-4-9/h3-6,11,13-14H,2,7-8,12H2,1H3. The van der Waals surface area contributed by atoms with E-state index < -0.39 is 16.1 Å². The highest BCUT2D eigenvalue weighted by Gasteiger charge is 2.13. The summed E-state index contributed by atoms with van der Waals surface area (Å²) in [4.78, 5) is 0. The minimum absolute atomic E-state index is 0.0216. The van der Waals surface area contributed by atoms with E-state index in [9.17, 15) is 13.5 Å². The van der Waals surface area contributed by atoms with Crippen molar-refractivity contribution in [3.05, 3.63) is 29.8 Å². The molecule has 17 heavy (non-hydrogen) atoms. The monoisotopic (exact) mass is 258 g/mol. The fraction of sp³-hybridized carbons (Fsp3) is 0.455. The van der Waals surface area contributed by atoms with Gasteiger partial charge in [0.05, 0.1) is 11.9 Å². The molecule has 0 aliphatic carbocycles. The van der Waals surface area contributed by atoms with Gasteiger partial charge >= 0.3 is 0 Å². The van der Waals surface area contributed by atoms with Crippen LogP contribution >= 0.6 is 0 Å². The van der Waals surface area contributed by atoms with Crippen molar-refractivity contribution in [2.24, 2.45) is 0 Å². The number of hydrogen-bond donors (Lipinski definition) is 3. The molecule has 5 nitrogen and oxygen atoms in total. The van der Waals surface area contributed by atoms with E-state index in [0.29, 0.717) is 17.7 Å². The first-order valence-corrected chi connectivity index (χ1v) is 7.10. The molecular weight excluding hydrogens is 240 g/mol. The Balaban J connectivity index is 2.55. The van der Waals surface area contributed by atoms with E-state index in [-0.39, 0.29) is 12.3 Å². The second-order valence-electron chi connectivity index (χ2n) is 3.85. The van der Waals surface area contributed by atoms with Crippen molar-refractivity contribution in [1.29, 1.82) is 0 Å². The number of aliphatic hydroxyl groups is 1. The molecule has 0 saturated carbocycles. The number of anilines is 1. The number of aliphatic hydroxyl groups excluding tert-OH is 1. The van der Waals surface area contributed by atoms with Crippen LogP contribution < -0.4 is 10.5 Å². The Morgan fingerprint density at radius 3 is 2.47 bits per heavy atom. The number of nitrogens with one attached hydrogen (secondary N) is 1. The molecule has 0 amide bonds. The van der Waals surface area contributed by atoms with Gasteiger partial charge < -0.3 is 10.8 Å². The van der Waals surface area contributed by atoms with E-state index >= 15 is 0 Å². The predicted molar refractivity (Wildman–Crippen MR) is 67.9 cm³/mol. The summed E-state index contributed by atoms with van der Waals surface area (Å²) >= 11 is 0. The molecule has 0 fully saturated rings. The number of sulfonamides is 1. The highest BCUT2D eigenvalue weighted by molar-refractivity contribution is 7.89. The third kappa shape index (κ3) is 4.72. The average molecular weight is 258 g/mol. The molecule has 1 aromatic rings. The molecule has 0 heterocycles. The topological polar surface area (TPSA) is 92.4 Å². The SMILES string of the molecule is CCCS(=O)(=O)NCC(O)c1ccc(N)cc1. The van der Waals surface area contributed by atoms with Crippen LogP contribution in [0, 0.1) is 0 Å². The van der Waals surface area contributed by atoms with Gasteiger partial charge in [-0.1, -0.05) is 19.1 Å². The maximum absolute atomic E-state index is 11.4. The molecule has 0 aliphatic heterocycles. The molecule has 0 spiro atoms. The molecule has 0 saturated heterocycles. The third-order valence-corrected chi connectivity index (χ3v) is 3.84. The maximum atomic E-state index is 11.4. The number of nitrogens with two attached hydrogens (primary N) is 1. The van der Waals surface area contributed by atoms with Crippen molar-refractivity contribution < 1.29 is 13.5 Å². The van der Waals surface area contributed by atoms with Crippen LogP contribution in [-0.4, -0.2) is 25.8 Å². The van der Waals surface area contributed by atoms with Gasteiger partial charge in [0.15, 0.2) is 0 Å². The third-order valence-electron chi connectivity index (χ3n) is 2.29. The summed E-state index contributed by atoms with van der Waals surface area (Å²) in [6, 6.07) is 6.68. The van der Waals surface area contributed by atoms with Crippen molar-refractivity contribution in [3.8, 4) is 0 Å². The Morgan fingerprint density at radius 1 is 1.35 bits per heavy atom. The summed E-state index contributed by atoms with van der Waals surface area (Å²) in [6.45, 7) is 1.77. The second-order valence-corrected chi connectivity index (χ2v) is 5.78. The lowest BCUT2D eigenvalue weighted by atomic mass is 10.1. The quantitative estimate of drug-likeness (QED) is 0.653. The van der Waals surface area contributed by atoms with Crippen molar-refractivity contribution in [2.75, 3.05) is 18.0 Å². The molecule has 0 radical (unpaired) electrons. The lowest BCUT2D eigenvalue weighted by Crippen LogP contribution is -2.30. The van der Waals surface area contributed by atoms with Gasteiger partial charge in [-0.2, -0.15) is 0 Å². The van der Waals surface area contributed by atoms with Crippen LogP contribution in [0.15, 0.2) is 24.3 Å². The smallest absolute Gasteiger partial charge is 0.211 e. The van der Waals surface area contributed by atoms with E-state index in [2.05, 4.69) is 4.72 Å². The van der Waals surface area contributed by atoms with Gasteiger partial charge in [-0.3, -0.25) is 0 Å². The zero-order valence-corrected chi connectivity index (χ0v) is 10.6. The summed E-state index contributed by atoms with van der Waals surface area (Å²) in [5.74, 6) is 0.0709. The molecule has 0 aliphatic rings. The van der Waals surface area contributed by atoms with Gasteiger partial charge in [-0.05, 0) is 24.1 Å². The summed E-state index contributed by atoms with van der Waals surface area (Å²) < 4.78 is 25.1. The molecule has 1 unspecified atom stereocenters. The Morgan fingerprint density at radius 2 is 1.94 bits per heavy atom. The first-order valence-electron chi connectivity index (χ1n) is 5.45. The van der Waals surface area contributed by atoms with Crippen LogP contribution in [0.2, 0.25) is 0 Å². The minimum Gasteiger partial charge on any atom is -0.399 e. The van der Waals surface area contributed by atoms with Gasteiger partial charge in [0, 0.05) is 12.2 Å². The molecule has 96 valence electrons. The predicted octanol–water partition coefficient (Wildman–Crippen LogP) is 0.632. The summed E-state index contributed by atoms with van der Waals surface area (Å²) in [6.07, 6.45) is -0.310. The van der Waals surface area contributed by atoms with E-state index in [1.165, 1.54) is 0 Å². The first-order chi connectivity index (χ1) is 7.94. The zero-order valence-electron chi connectivity index (χ0n) is 9.76. The lowest BCUT2D eigenvalue weighted by molar-refractivity contribution is 0.182. The first kappa shape index (κ1) is 14.0. The van der Waals surface area contributed by atoms with Crippen LogP contribution in [0.3, 0.4) is 0 Å². The molecule has 0 bridgehead atoms. The van der Waals surface area contributed by atoms with Gasteiger partial charge in [0.1, 0.15) is 0 Å². The Kier molecular flexibility index (Phi) is 4.92. The fourth-order valence-electron chi connectivity index (χ4n) is 1.38. The van der Waals surface area contributed by atoms with E-state index in [4.69, 9.17) is 5.73 Å². The summed E-state index contributed by atoms with van der Waals surface area (Å²) in [5, 5.41) is 9.78. The van der Waals surface area contributed by atoms with Crippen molar-refractivity contribution in [1.82, 2.24) is 4.72 Å². The highest BCUT2D eigenvalue weighted by Crippen LogP contribution is 2.14. The molecule has 1 atom stereocenters. The minimum atomic E-state index is -3.28. The molecule has 6 heteroatoms. The fourth-order valence-corrected chi connectivity index (χ4v) is 2.48. The van der Waals surface area contributed by atoms with E-state index in [1.54, 1.807) is 31.2 Å². The van der Waals surface area contributed by atoms with Crippen LogP contribution in [0.4, 0.5) is 5.69 Å². The largest absolute Gasteiger partial charge is 0.399 e. The molecule has 1 aromatic carbocycles. The average Bonchev–Trinajstić information content (AvgIpc) is 2.27. The van der Waals surface area contributed by atoms with Crippen LogP contribution in [0.5, 0.6) is 0 Å². The maximum Gasteiger partial charge on any atom is 0.211 e. The van der Waals surface area contributed by atoms with Gasteiger partial charge in [-0.25, -0.2) is 13.1 Å². The molecule has 4 N–H and O–H groups in total. The van der Waals surface area contributed by atoms with Gasteiger partial charge in [0.25, 0.3) is 0 Å². The normalized spacial score (nSPS) is 13.5. The van der Waals surface area contributed by atoms with Crippen LogP contribution in [0.25, 0.3) is 0 Å². The molecular formula is C11H18N2O3S. The van der Waals surface area contributed by atoms with E-state index in [0.717, 1.165) is 0 Å². The summed E-state index contributed by atoms with van der Waals surface area (Å²) in [5.41, 5.74) is 6.76. The Bertz CT molecular complexity index is 442. The zero-order chi connectivity index (χ0) is 12.9. The number of benzene rings is 1. The van der Waals surface area contributed by atoms with E-state index in [1.807, 2.05) is 0 Å². The summed E-state index contributed by atoms with van der Waals surface area (Å²) in [7, 11) is -3.28. The second kappa shape index (κ2) is 6.00. The van der Waals surface area contributed by atoms with Crippen LogP contribution in [-0.2, 0) is 10.0 Å². The van der Waals surface area contributed by atoms with Crippen molar-refractivity contribution in [3.63, 3.8) is 0 Å². The van der Waals surface area contributed by atoms with Gasteiger partial charge in [0.2, 0.25) is 10.0 Å². The Labute approximate surface area is 102 Å². The lowest BCUT2D eigenvalue weighted by Gasteiger charge is -2.12. The highest BCUT2D eigenvalue weighted by atomic mass is 32.2. The van der Waals surface area contributed by atoms with Crippen molar-refractivity contribution >= 4 is 15.7 Å². The molecule has 0 aromatic heterocycles. The van der Waals surface area contributed by atoms with Crippen LogP contribution in [0.1, 0.15) is 25.0 Å². The number of nitrogen functional groups attached to an aromatic ring is 1.